The molecule has 0 aliphatic rings. The number of esters is 3. The fourth-order valence-electron chi connectivity index (χ4n) is 7.91. The summed E-state index contributed by atoms with van der Waals surface area (Å²) in [6, 6.07) is 0. The van der Waals surface area contributed by atoms with Crippen LogP contribution >= 0.6 is 0 Å². The lowest BCUT2D eigenvalue weighted by molar-refractivity contribution is -0.166. The molecule has 71 heavy (non-hydrogen) atoms. The zero-order valence-electron chi connectivity index (χ0n) is 46.2. The zero-order chi connectivity index (χ0) is 51.4. The van der Waals surface area contributed by atoms with Gasteiger partial charge in [0.1, 0.15) is 13.2 Å². The van der Waals surface area contributed by atoms with Crippen LogP contribution in [0, 0.1) is 0 Å². The van der Waals surface area contributed by atoms with Crippen LogP contribution in [-0.4, -0.2) is 37.2 Å². The molecule has 0 aliphatic heterocycles. The fourth-order valence-corrected chi connectivity index (χ4v) is 7.91. The first-order valence-corrected chi connectivity index (χ1v) is 29.4. The largest absolute Gasteiger partial charge is 0.462 e. The highest BCUT2D eigenvalue weighted by atomic mass is 16.6. The van der Waals surface area contributed by atoms with Gasteiger partial charge in [-0.3, -0.25) is 14.4 Å². The number of ether oxygens (including phenoxy) is 3. The summed E-state index contributed by atoms with van der Waals surface area (Å²) in [7, 11) is 0. The van der Waals surface area contributed by atoms with Crippen molar-refractivity contribution >= 4 is 17.9 Å². The van der Waals surface area contributed by atoms with E-state index in [4.69, 9.17) is 14.2 Å². The number of carbonyl (C=O) groups excluding carboxylic acids is 3. The second kappa shape index (κ2) is 58.6. The van der Waals surface area contributed by atoms with E-state index >= 15 is 0 Å². The van der Waals surface area contributed by atoms with Crippen molar-refractivity contribution in [2.75, 3.05) is 13.2 Å². The second-order valence-electron chi connectivity index (χ2n) is 19.1. The van der Waals surface area contributed by atoms with E-state index in [1.54, 1.807) is 0 Å². The van der Waals surface area contributed by atoms with Gasteiger partial charge in [-0.25, -0.2) is 0 Å². The highest BCUT2D eigenvalue weighted by Crippen LogP contribution is 2.15. The minimum absolute atomic E-state index is 0.106. The Balaban J connectivity index is 4.43. The zero-order valence-corrected chi connectivity index (χ0v) is 46.2. The highest BCUT2D eigenvalue weighted by Gasteiger charge is 2.19. The van der Waals surface area contributed by atoms with Crippen molar-refractivity contribution in [3.05, 3.63) is 109 Å². The number of allylic oxidation sites excluding steroid dienone is 18. The SMILES string of the molecule is CC/C=C\C/C=C\C/C=C\C/C=C\CCCCCCCCCCC(=O)OCC(COC(=O)CC/C=C\C/C=C\C/C=C\C/C=C\CC)OC(=O)CCCCCCCCCCC/C=C\CCCCCCCC. The standard InChI is InChI=1S/C65H108O6/c1-4-7-10-13-16-19-22-25-27-29-31-32-34-35-37-40-43-46-49-52-55-58-64(67)70-61-62(60-69-63(66)57-54-51-48-45-42-39-24-21-18-15-12-9-6-3)71-65(68)59-56-53-50-47-44-41-38-36-33-30-28-26-23-20-17-14-11-8-5-2/h7,9-10,12,16,18-19,21,25-28,31-32,39,42,48,51,62H,4-6,8,11,13-15,17,20,22-24,29-30,33-38,40-41,43-47,49-50,52-61H2,1-3H3/b10-7-,12-9-,19-16-,21-18-,27-25-,28-26-,32-31-,42-39-,51-48-. The Kier molecular flexibility index (Phi) is 55.4. The van der Waals surface area contributed by atoms with Crippen molar-refractivity contribution < 1.29 is 28.6 Å². The Morgan fingerprint density at radius 2 is 0.577 bits per heavy atom. The Labute approximate surface area is 438 Å². The molecule has 0 saturated heterocycles. The highest BCUT2D eigenvalue weighted by molar-refractivity contribution is 5.71. The molecule has 0 saturated carbocycles. The van der Waals surface area contributed by atoms with Gasteiger partial charge < -0.3 is 14.2 Å². The molecule has 0 spiro atoms. The molecule has 0 radical (unpaired) electrons. The molecule has 0 rings (SSSR count). The first-order chi connectivity index (χ1) is 35.0. The Hall–Kier alpha value is -3.93. The van der Waals surface area contributed by atoms with E-state index in [2.05, 4.69) is 124 Å². The van der Waals surface area contributed by atoms with Crippen molar-refractivity contribution in [2.45, 2.75) is 271 Å². The van der Waals surface area contributed by atoms with Crippen LogP contribution in [0.2, 0.25) is 0 Å². The maximum Gasteiger partial charge on any atom is 0.306 e. The van der Waals surface area contributed by atoms with Gasteiger partial charge in [0.15, 0.2) is 6.10 Å². The van der Waals surface area contributed by atoms with Crippen LogP contribution in [0.25, 0.3) is 0 Å². The van der Waals surface area contributed by atoms with Crippen LogP contribution in [0.4, 0.5) is 0 Å². The third-order valence-electron chi connectivity index (χ3n) is 12.3. The average molecular weight is 986 g/mol. The monoisotopic (exact) mass is 985 g/mol. The van der Waals surface area contributed by atoms with Crippen LogP contribution in [-0.2, 0) is 28.6 Å². The fraction of sp³-hybridized carbons (Fsp3) is 0.677. The lowest BCUT2D eigenvalue weighted by Gasteiger charge is -2.18. The normalized spacial score (nSPS) is 12.9. The Bertz CT molecular complexity index is 1460. The summed E-state index contributed by atoms with van der Waals surface area (Å²) in [4.78, 5) is 38.1. The number of rotatable bonds is 52. The van der Waals surface area contributed by atoms with Gasteiger partial charge in [-0.1, -0.05) is 246 Å². The van der Waals surface area contributed by atoms with E-state index in [0.29, 0.717) is 19.3 Å². The van der Waals surface area contributed by atoms with E-state index < -0.39 is 6.10 Å². The third-order valence-corrected chi connectivity index (χ3v) is 12.3. The summed E-state index contributed by atoms with van der Waals surface area (Å²) >= 11 is 0. The van der Waals surface area contributed by atoms with Crippen LogP contribution in [0.5, 0.6) is 0 Å². The summed E-state index contributed by atoms with van der Waals surface area (Å²) in [5, 5.41) is 0. The topological polar surface area (TPSA) is 78.9 Å². The maximum atomic E-state index is 12.9. The van der Waals surface area contributed by atoms with Gasteiger partial charge in [0.25, 0.3) is 0 Å². The van der Waals surface area contributed by atoms with E-state index in [0.717, 1.165) is 96.3 Å². The van der Waals surface area contributed by atoms with Crippen LogP contribution in [0.15, 0.2) is 109 Å². The number of hydrogen-bond donors (Lipinski definition) is 0. The molecular weight excluding hydrogens is 877 g/mol. The summed E-state index contributed by atoms with van der Waals surface area (Å²) in [5.74, 6) is -0.998. The minimum atomic E-state index is -0.813. The van der Waals surface area contributed by atoms with Gasteiger partial charge in [-0.2, -0.15) is 0 Å². The first-order valence-electron chi connectivity index (χ1n) is 29.4. The van der Waals surface area contributed by atoms with Gasteiger partial charge in [-0.15, -0.1) is 0 Å². The van der Waals surface area contributed by atoms with Crippen LogP contribution in [0.3, 0.4) is 0 Å². The minimum Gasteiger partial charge on any atom is -0.462 e. The smallest absolute Gasteiger partial charge is 0.306 e. The number of unbranched alkanes of at least 4 members (excludes halogenated alkanes) is 23. The summed E-state index contributed by atoms with van der Waals surface area (Å²) in [5.41, 5.74) is 0. The summed E-state index contributed by atoms with van der Waals surface area (Å²) in [6.07, 6.45) is 79.5. The molecule has 6 nitrogen and oxygen atoms in total. The molecule has 404 valence electrons. The molecule has 0 amide bonds. The van der Waals surface area contributed by atoms with Crippen LogP contribution in [0.1, 0.15) is 265 Å². The van der Waals surface area contributed by atoms with Crippen LogP contribution < -0.4 is 0 Å². The molecule has 6 heteroatoms. The molecule has 1 unspecified atom stereocenters. The van der Waals surface area contributed by atoms with E-state index in [-0.39, 0.29) is 37.5 Å². The molecule has 0 N–H and O–H groups in total. The Morgan fingerprint density at radius 3 is 0.958 bits per heavy atom. The number of carbonyl (C=O) groups is 3. The molecule has 0 aliphatic carbocycles. The van der Waals surface area contributed by atoms with Crippen molar-refractivity contribution in [1.29, 1.82) is 0 Å². The Morgan fingerprint density at radius 1 is 0.296 bits per heavy atom. The molecule has 0 aromatic heterocycles. The molecule has 0 aromatic carbocycles. The van der Waals surface area contributed by atoms with Gasteiger partial charge in [0, 0.05) is 19.3 Å². The molecule has 0 heterocycles. The number of hydrogen-bond acceptors (Lipinski definition) is 6. The van der Waals surface area contributed by atoms with Gasteiger partial charge >= 0.3 is 17.9 Å². The van der Waals surface area contributed by atoms with E-state index in [1.807, 2.05) is 6.08 Å². The molecule has 0 aromatic rings. The van der Waals surface area contributed by atoms with Gasteiger partial charge in [0.2, 0.25) is 0 Å². The first kappa shape index (κ1) is 67.1. The quantitative estimate of drug-likeness (QED) is 0.0261. The maximum absolute atomic E-state index is 12.9. The van der Waals surface area contributed by atoms with Crippen molar-refractivity contribution in [1.82, 2.24) is 0 Å². The molecule has 0 bridgehead atoms. The molecule has 1 atom stereocenters. The second-order valence-corrected chi connectivity index (χ2v) is 19.1. The predicted octanol–water partition coefficient (Wildman–Crippen LogP) is 19.9. The van der Waals surface area contributed by atoms with Gasteiger partial charge in [-0.05, 0) is 109 Å². The van der Waals surface area contributed by atoms with Gasteiger partial charge in [0.05, 0.1) is 0 Å². The van der Waals surface area contributed by atoms with E-state index in [1.165, 1.54) is 122 Å². The molecule has 0 fully saturated rings. The van der Waals surface area contributed by atoms with E-state index in [9.17, 15) is 14.4 Å². The summed E-state index contributed by atoms with van der Waals surface area (Å²) < 4.78 is 16.8. The summed E-state index contributed by atoms with van der Waals surface area (Å²) in [6.45, 7) is 6.34. The van der Waals surface area contributed by atoms with Crippen molar-refractivity contribution in [3.63, 3.8) is 0 Å². The lowest BCUT2D eigenvalue weighted by Crippen LogP contribution is -2.30. The van der Waals surface area contributed by atoms with Crippen molar-refractivity contribution in [2.24, 2.45) is 0 Å². The third kappa shape index (κ3) is 56.9. The predicted molar refractivity (Wildman–Crippen MR) is 307 cm³/mol. The average Bonchev–Trinajstić information content (AvgIpc) is 3.37. The van der Waals surface area contributed by atoms with Crippen molar-refractivity contribution in [3.8, 4) is 0 Å². The lowest BCUT2D eigenvalue weighted by atomic mass is 10.1. The molecular formula is C65H108O6.